The second-order valence-electron chi connectivity index (χ2n) is 8.38. The summed E-state index contributed by atoms with van der Waals surface area (Å²) in [4.78, 5) is 17.0. The molecule has 2 atom stereocenters. The number of hydrogen-bond donors (Lipinski definition) is 2. The van der Waals surface area contributed by atoms with Crippen molar-refractivity contribution < 1.29 is 18.7 Å². The summed E-state index contributed by atoms with van der Waals surface area (Å²) in [6.07, 6.45) is 4.93. The van der Waals surface area contributed by atoms with Gasteiger partial charge < -0.3 is 20.2 Å². The molecule has 0 aliphatic carbocycles. The van der Waals surface area contributed by atoms with Gasteiger partial charge in [-0.05, 0) is 43.2 Å². The number of rotatable bonds is 4. The summed E-state index contributed by atoms with van der Waals surface area (Å²) in [5.74, 6) is -1.00. The van der Waals surface area contributed by atoms with Gasteiger partial charge in [0, 0.05) is 49.7 Å². The summed E-state index contributed by atoms with van der Waals surface area (Å²) in [5.41, 5.74) is 2.34. The van der Waals surface area contributed by atoms with Crippen LogP contribution in [0.15, 0.2) is 42.7 Å². The number of pyridine rings is 1. The molecule has 2 N–H and O–H groups in total. The lowest BCUT2D eigenvalue weighted by Crippen LogP contribution is -2.54. The van der Waals surface area contributed by atoms with Gasteiger partial charge in [0.05, 0.1) is 29.9 Å². The first kappa shape index (κ1) is 20.8. The zero-order chi connectivity index (χ0) is 22.2. The molecule has 9 heteroatoms. The number of benzene rings is 1. The average molecular weight is 441 g/mol. The summed E-state index contributed by atoms with van der Waals surface area (Å²) in [6.45, 7) is 2.29. The smallest absolute Gasteiger partial charge is 0.257 e. The van der Waals surface area contributed by atoms with Crippen LogP contribution in [0.3, 0.4) is 0 Å². The second kappa shape index (κ2) is 8.48. The summed E-state index contributed by atoms with van der Waals surface area (Å²) in [6, 6.07) is 6.94. The van der Waals surface area contributed by atoms with Gasteiger partial charge in [-0.1, -0.05) is 0 Å². The van der Waals surface area contributed by atoms with Gasteiger partial charge in [-0.15, -0.1) is 0 Å². The highest BCUT2D eigenvalue weighted by molar-refractivity contribution is 6.01. The average Bonchev–Trinajstić information content (AvgIpc) is 3.47. The number of carbonyl (C=O) groups excluding carboxylic acids is 1. The van der Waals surface area contributed by atoms with Crippen LogP contribution >= 0.6 is 0 Å². The summed E-state index contributed by atoms with van der Waals surface area (Å²) in [5, 5.41) is 16.9. The number of nitrogens with one attached hydrogen (secondary N) is 1. The van der Waals surface area contributed by atoms with Crippen LogP contribution in [-0.4, -0.2) is 64.4 Å². The van der Waals surface area contributed by atoms with E-state index in [1.807, 2.05) is 12.1 Å². The SMILES string of the molecule is O=C(c1cnn2ccc(N3CCCC3c3cc(F)ccc3F)cc12)N1CCNC(CO)C1. The van der Waals surface area contributed by atoms with Crippen molar-refractivity contribution in [2.24, 2.45) is 0 Å². The van der Waals surface area contributed by atoms with Crippen molar-refractivity contribution in [3.8, 4) is 0 Å². The highest BCUT2D eigenvalue weighted by Gasteiger charge is 2.30. The predicted molar refractivity (Wildman–Crippen MR) is 116 cm³/mol. The molecule has 2 fully saturated rings. The van der Waals surface area contributed by atoms with Crippen LogP contribution in [0.1, 0.15) is 34.8 Å². The molecule has 168 valence electrons. The fourth-order valence-corrected chi connectivity index (χ4v) is 4.78. The molecule has 4 heterocycles. The van der Waals surface area contributed by atoms with E-state index < -0.39 is 11.6 Å². The summed E-state index contributed by atoms with van der Waals surface area (Å²) < 4.78 is 29.9. The van der Waals surface area contributed by atoms with E-state index >= 15 is 0 Å². The highest BCUT2D eigenvalue weighted by atomic mass is 19.1. The van der Waals surface area contributed by atoms with Gasteiger partial charge in [-0.25, -0.2) is 13.3 Å². The molecule has 7 nitrogen and oxygen atoms in total. The Morgan fingerprint density at radius 1 is 1.22 bits per heavy atom. The summed E-state index contributed by atoms with van der Waals surface area (Å²) in [7, 11) is 0. The number of halogens is 2. The number of aromatic nitrogens is 2. The standard InChI is InChI=1S/C23H25F2N5O2/c24-15-3-4-20(25)18(10-15)21-2-1-7-29(21)17-5-8-30-22(11-17)19(12-27-30)23(32)28-9-6-26-16(13-28)14-31/h3-5,8,10-12,16,21,26,31H,1-2,6-7,9,13-14H2. The molecule has 0 bridgehead atoms. The van der Waals surface area contributed by atoms with Gasteiger partial charge in [0.25, 0.3) is 5.91 Å². The maximum absolute atomic E-state index is 14.5. The van der Waals surface area contributed by atoms with E-state index in [-0.39, 0.29) is 24.6 Å². The van der Waals surface area contributed by atoms with Crippen molar-refractivity contribution in [3.63, 3.8) is 0 Å². The molecule has 0 radical (unpaired) electrons. The van der Waals surface area contributed by atoms with Crippen molar-refractivity contribution >= 4 is 17.1 Å². The van der Waals surface area contributed by atoms with Gasteiger partial charge in [0.15, 0.2) is 0 Å². The lowest BCUT2D eigenvalue weighted by Gasteiger charge is -2.32. The van der Waals surface area contributed by atoms with Gasteiger partial charge in [-0.3, -0.25) is 4.79 Å². The third kappa shape index (κ3) is 3.71. The van der Waals surface area contributed by atoms with Gasteiger partial charge >= 0.3 is 0 Å². The van der Waals surface area contributed by atoms with E-state index in [4.69, 9.17) is 0 Å². The third-order valence-electron chi connectivity index (χ3n) is 6.40. The Bertz CT molecular complexity index is 1150. The molecule has 2 aliphatic rings. The molecule has 0 spiro atoms. The van der Waals surface area contributed by atoms with Crippen molar-refractivity contribution in [2.45, 2.75) is 24.9 Å². The van der Waals surface area contributed by atoms with Crippen LogP contribution in [0.5, 0.6) is 0 Å². The minimum absolute atomic E-state index is 0.0321. The Balaban J connectivity index is 1.47. The van der Waals surface area contributed by atoms with Crippen molar-refractivity contribution in [1.82, 2.24) is 19.8 Å². The highest BCUT2D eigenvalue weighted by Crippen LogP contribution is 2.38. The number of piperazine rings is 1. The molecule has 1 aromatic carbocycles. The van der Waals surface area contributed by atoms with Crippen molar-refractivity contribution in [3.05, 3.63) is 65.5 Å². The lowest BCUT2D eigenvalue weighted by molar-refractivity contribution is 0.0673. The van der Waals surface area contributed by atoms with E-state index in [0.717, 1.165) is 24.6 Å². The van der Waals surface area contributed by atoms with E-state index in [9.17, 15) is 18.7 Å². The Kier molecular flexibility index (Phi) is 5.52. The largest absolute Gasteiger partial charge is 0.395 e. The number of anilines is 1. The van der Waals surface area contributed by atoms with Gasteiger partial charge in [0.1, 0.15) is 11.6 Å². The monoisotopic (exact) mass is 441 g/mol. The molecule has 2 unspecified atom stereocenters. The van der Waals surface area contributed by atoms with Crippen molar-refractivity contribution in [1.29, 1.82) is 0 Å². The zero-order valence-corrected chi connectivity index (χ0v) is 17.5. The Morgan fingerprint density at radius 3 is 2.94 bits per heavy atom. The minimum Gasteiger partial charge on any atom is -0.395 e. The Morgan fingerprint density at radius 2 is 2.09 bits per heavy atom. The van der Waals surface area contributed by atoms with Crippen LogP contribution in [0, 0.1) is 11.6 Å². The number of carbonyl (C=O) groups is 1. The predicted octanol–water partition coefficient (Wildman–Crippen LogP) is 2.36. The fraction of sp³-hybridized carbons (Fsp3) is 0.391. The van der Waals surface area contributed by atoms with E-state index in [1.54, 1.807) is 21.8 Å². The Hall–Kier alpha value is -3.04. The number of nitrogens with zero attached hydrogens (tertiary/aromatic N) is 4. The van der Waals surface area contributed by atoms with Crippen LogP contribution in [0.2, 0.25) is 0 Å². The molecule has 2 saturated heterocycles. The summed E-state index contributed by atoms with van der Waals surface area (Å²) >= 11 is 0. The maximum atomic E-state index is 14.5. The van der Waals surface area contributed by atoms with Crippen molar-refractivity contribution in [2.75, 3.05) is 37.7 Å². The van der Waals surface area contributed by atoms with Crippen LogP contribution in [-0.2, 0) is 0 Å². The lowest BCUT2D eigenvalue weighted by atomic mass is 10.0. The molecule has 5 rings (SSSR count). The fourth-order valence-electron chi connectivity index (χ4n) is 4.78. The first-order chi connectivity index (χ1) is 15.5. The minimum atomic E-state index is -0.454. The number of hydrogen-bond acceptors (Lipinski definition) is 5. The van der Waals surface area contributed by atoms with E-state index in [1.165, 1.54) is 12.1 Å². The molecular weight excluding hydrogens is 416 g/mol. The molecular formula is C23H25F2N5O2. The second-order valence-corrected chi connectivity index (χ2v) is 8.38. The van der Waals surface area contributed by atoms with Crippen LogP contribution in [0.25, 0.3) is 5.52 Å². The van der Waals surface area contributed by atoms with Gasteiger partial charge in [0.2, 0.25) is 0 Å². The first-order valence-electron chi connectivity index (χ1n) is 10.9. The molecule has 0 saturated carbocycles. The van der Waals surface area contributed by atoms with Crippen LogP contribution < -0.4 is 10.2 Å². The maximum Gasteiger partial charge on any atom is 0.257 e. The molecule has 2 aliphatic heterocycles. The zero-order valence-electron chi connectivity index (χ0n) is 17.5. The van der Waals surface area contributed by atoms with E-state index in [2.05, 4.69) is 15.3 Å². The first-order valence-corrected chi connectivity index (χ1v) is 10.9. The number of aliphatic hydroxyl groups excluding tert-OH is 1. The van der Waals surface area contributed by atoms with Crippen LogP contribution in [0.4, 0.5) is 14.5 Å². The quantitative estimate of drug-likeness (QED) is 0.651. The molecule has 32 heavy (non-hydrogen) atoms. The number of fused-ring (bicyclic) bond motifs is 1. The van der Waals surface area contributed by atoms with E-state index in [0.29, 0.717) is 42.8 Å². The Labute approximate surface area is 184 Å². The molecule has 1 amide bonds. The molecule has 2 aromatic heterocycles. The normalized spacial score (nSPS) is 21.5. The topological polar surface area (TPSA) is 73.1 Å². The molecule has 3 aromatic rings. The number of aliphatic hydroxyl groups is 1. The third-order valence-corrected chi connectivity index (χ3v) is 6.40. The number of amides is 1. The van der Waals surface area contributed by atoms with Gasteiger partial charge in [-0.2, -0.15) is 5.10 Å².